The summed E-state index contributed by atoms with van der Waals surface area (Å²) in [6.07, 6.45) is 0. The number of aromatic nitrogens is 2. The van der Waals surface area contributed by atoms with Gasteiger partial charge in [0.05, 0.1) is 0 Å². The molecule has 2 nitrogen and oxygen atoms in total. The molecule has 0 unspecified atom stereocenters. The van der Waals surface area contributed by atoms with E-state index >= 15 is 0 Å². The van der Waals surface area contributed by atoms with Gasteiger partial charge in [0.25, 0.3) is 0 Å². The fraction of sp³-hybridized carbons (Fsp3) is 0. The minimum atomic E-state index is 0.0169. The molecule has 0 aliphatic rings. The van der Waals surface area contributed by atoms with Crippen LogP contribution >= 0.6 is 0 Å². The Bertz CT molecular complexity index is 875. The molecule has 1 heterocycles. The molecule has 0 fully saturated rings. The number of fused-ring (bicyclic) bond motifs is 2. The molecule has 3 heteroatoms. The molecule has 0 aliphatic carbocycles. The van der Waals surface area contributed by atoms with E-state index in [1.54, 1.807) is 0 Å². The van der Waals surface area contributed by atoms with Gasteiger partial charge in [0.2, 0.25) is 0 Å². The van der Waals surface area contributed by atoms with E-state index in [9.17, 15) is 0 Å². The van der Waals surface area contributed by atoms with Crippen LogP contribution in [-0.2, 0) is 0 Å². The SMILES string of the molecule is c1ccc2c(-c3cccc4n[se]nc34)cccc2c1. The van der Waals surface area contributed by atoms with Gasteiger partial charge in [-0.25, -0.2) is 0 Å². The van der Waals surface area contributed by atoms with E-state index in [2.05, 4.69) is 62.6 Å². The molecule has 4 rings (SSSR count). The van der Waals surface area contributed by atoms with Crippen molar-refractivity contribution in [3.8, 4) is 11.1 Å². The predicted molar refractivity (Wildman–Crippen MR) is 79.4 cm³/mol. The van der Waals surface area contributed by atoms with Gasteiger partial charge in [-0.05, 0) is 0 Å². The van der Waals surface area contributed by atoms with Crippen molar-refractivity contribution in [2.45, 2.75) is 0 Å². The second-order valence-electron chi connectivity index (χ2n) is 4.46. The third kappa shape index (κ3) is 1.71. The fourth-order valence-electron chi connectivity index (χ4n) is 2.48. The third-order valence-corrected chi connectivity index (χ3v) is 4.50. The van der Waals surface area contributed by atoms with E-state index in [1.165, 1.54) is 21.9 Å². The van der Waals surface area contributed by atoms with E-state index in [0.29, 0.717) is 0 Å². The summed E-state index contributed by atoms with van der Waals surface area (Å²) < 4.78 is 9.04. The van der Waals surface area contributed by atoms with Gasteiger partial charge in [-0.1, -0.05) is 0 Å². The van der Waals surface area contributed by atoms with Gasteiger partial charge >= 0.3 is 117 Å². The molecular formula is C16H10N2Se. The van der Waals surface area contributed by atoms with Crippen molar-refractivity contribution < 1.29 is 0 Å². The first-order valence-corrected chi connectivity index (χ1v) is 7.66. The molecule has 0 N–H and O–H groups in total. The Labute approximate surface area is 116 Å². The second-order valence-corrected chi connectivity index (χ2v) is 5.57. The van der Waals surface area contributed by atoms with Gasteiger partial charge in [0.15, 0.2) is 0 Å². The van der Waals surface area contributed by atoms with Crippen LogP contribution in [0.3, 0.4) is 0 Å². The molecule has 90 valence electrons. The molecule has 0 saturated heterocycles. The zero-order chi connectivity index (χ0) is 12.7. The molecule has 0 aliphatic heterocycles. The summed E-state index contributed by atoms with van der Waals surface area (Å²) in [5.41, 5.74) is 4.52. The molecule has 1 aromatic heterocycles. The predicted octanol–water partition coefficient (Wildman–Crippen LogP) is 3.51. The summed E-state index contributed by atoms with van der Waals surface area (Å²) in [6, 6.07) is 21.1. The molecule has 0 spiro atoms. The fourth-order valence-corrected chi connectivity index (χ4v) is 3.64. The van der Waals surface area contributed by atoms with Gasteiger partial charge in [-0.2, -0.15) is 0 Å². The van der Waals surface area contributed by atoms with Crippen LogP contribution in [0.2, 0.25) is 0 Å². The molecular weight excluding hydrogens is 299 g/mol. The van der Waals surface area contributed by atoms with Crippen molar-refractivity contribution in [3.05, 3.63) is 60.7 Å². The Morgan fingerprint density at radius 2 is 1.47 bits per heavy atom. The zero-order valence-corrected chi connectivity index (χ0v) is 11.8. The minimum absolute atomic E-state index is 0.0169. The van der Waals surface area contributed by atoms with Gasteiger partial charge in [0.1, 0.15) is 0 Å². The Kier molecular flexibility index (Phi) is 2.47. The van der Waals surface area contributed by atoms with Crippen LogP contribution in [0.5, 0.6) is 0 Å². The number of hydrogen-bond donors (Lipinski definition) is 0. The van der Waals surface area contributed by atoms with Gasteiger partial charge in [0, 0.05) is 0 Å². The van der Waals surface area contributed by atoms with E-state index in [-0.39, 0.29) is 15.0 Å². The molecule has 3 aromatic carbocycles. The zero-order valence-electron chi connectivity index (χ0n) is 10.1. The molecule has 0 saturated carbocycles. The van der Waals surface area contributed by atoms with E-state index < -0.39 is 0 Å². The maximum atomic E-state index is 4.58. The standard InChI is InChI=1S/C16H10N2Se/c1-2-7-12-11(5-1)6-3-8-13(12)14-9-4-10-15-16(14)18-19-17-15/h1-10H. The number of rotatable bonds is 1. The number of hydrogen-bond acceptors (Lipinski definition) is 2. The first-order valence-electron chi connectivity index (χ1n) is 6.13. The van der Waals surface area contributed by atoms with Crippen LogP contribution in [0.25, 0.3) is 32.9 Å². The van der Waals surface area contributed by atoms with E-state index in [1.807, 2.05) is 6.07 Å². The summed E-state index contributed by atoms with van der Waals surface area (Å²) in [7, 11) is 0. The molecule has 0 amide bonds. The average molecular weight is 309 g/mol. The maximum absolute atomic E-state index is 4.58. The average Bonchev–Trinajstić information content (AvgIpc) is 2.95. The monoisotopic (exact) mass is 310 g/mol. The molecule has 0 atom stereocenters. The van der Waals surface area contributed by atoms with E-state index in [0.717, 1.165) is 11.0 Å². The quantitative estimate of drug-likeness (QED) is 0.503. The van der Waals surface area contributed by atoms with Crippen molar-refractivity contribution in [2.75, 3.05) is 0 Å². The Hall–Kier alpha value is -1.96. The van der Waals surface area contributed by atoms with Gasteiger partial charge in [-0.3, -0.25) is 0 Å². The molecule has 19 heavy (non-hydrogen) atoms. The molecule has 4 aromatic rings. The van der Waals surface area contributed by atoms with Crippen LogP contribution in [0.1, 0.15) is 0 Å². The Morgan fingerprint density at radius 1 is 0.684 bits per heavy atom. The molecule has 0 radical (unpaired) electrons. The summed E-state index contributed by atoms with van der Waals surface area (Å²) in [5, 5.41) is 2.53. The summed E-state index contributed by atoms with van der Waals surface area (Å²) in [6.45, 7) is 0. The summed E-state index contributed by atoms with van der Waals surface area (Å²) in [5.74, 6) is 0. The van der Waals surface area contributed by atoms with Crippen LogP contribution in [0.4, 0.5) is 0 Å². The summed E-state index contributed by atoms with van der Waals surface area (Å²) in [4.78, 5) is 0. The summed E-state index contributed by atoms with van der Waals surface area (Å²) >= 11 is 0.0169. The van der Waals surface area contributed by atoms with Crippen molar-refractivity contribution >= 4 is 36.8 Å². The van der Waals surface area contributed by atoms with Gasteiger partial charge in [-0.15, -0.1) is 0 Å². The first kappa shape index (κ1) is 10.9. The van der Waals surface area contributed by atoms with Crippen molar-refractivity contribution in [1.29, 1.82) is 0 Å². The van der Waals surface area contributed by atoms with Crippen LogP contribution in [-0.4, -0.2) is 22.9 Å². The molecule has 0 bridgehead atoms. The van der Waals surface area contributed by atoms with Crippen LogP contribution < -0.4 is 0 Å². The topological polar surface area (TPSA) is 25.8 Å². The van der Waals surface area contributed by atoms with Gasteiger partial charge < -0.3 is 0 Å². The Morgan fingerprint density at radius 3 is 2.47 bits per heavy atom. The normalized spacial score (nSPS) is 11.2. The van der Waals surface area contributed by atoms with Crippen LogP contribution in [0.15, 0.2) is 60.7 Å². The van der Waals surface area contributed by atoms with Crippen LogP contribution in [0, 0.1) is 0 Å². The Balaban J connectivity index is 2.12. The van der Waals surface area contributed by atoms with E-state index in [4.69, 9.17) is 0 Å². The second kappa shape index (κ2) is 4.30. The number of nitrogens with zero attached hydrogens (tertiary/aromatic N) is 2. The van der Waals surface area contributed by atoms with Crippen molar-refractivity contribution in [1.82, 2.24) is 7.96 Å². The third-order valence-electron chi connectivity index (χ3n) is 3.37. The number of benzene rings is 3. The van der Waals surface area contributed by atoms with Crippen molar-refractivity contribution in [2.24, 2.45) is 0 Å². The first-order chi connectivity index (χ1) is 9.43. The van der Waals surface area contributed by atoms with Crippen molar-refractivity contribution in [3.63, 3.8) is 0 Å².